The van der Waals surface area contributed by atoms with Crippen LogP contribution in [0.2, 0.25) is 0 Å². The first kappa shape index (κ1) is 23.6. The van der Waals surface area contributed by atoms with Gasteiger partial charge in [0.05, 0.1) is 22.1 Å². The Balaban J connectivity index is 0.000000636. The molecule has 1 aliphatic carbocycles. The van der Waals surface area contributed by atoms with Crippen LogP contribution in [0.25, 0.3) is 28.0 Å². The first-order chi connectivity index (χ1) is 16.3. The van der Waals surface area contributed by atoms with Gasteiger partial charge in [-0.15, -0.1) is 0 Å². The summed E-state index contributed by atoms with van der Waals surface area (Å²) in [6.45, 7) is 0. The fraction of sp³-hybridized carbons (Fsp3) is 0.250. The molecule has 1 aromatic carbocycles. The second-order valence-corrected chi connectivity index (χ2v) is 8.82. The quantitative estimate of drug-likeness (QED) is 0.297. The van der Waals surface area contributed by atoms with Gasteiger partial charge >= 0.3 is 6.16 Å². The summed E-state index contributed by atoms with van der Waals surface area (Å²) in [4.78, 5) is 18.1. The summed E-state index contributed by atoms with van der Waals surface area (Å²) in [6, 6.07) is 14.1. The van der Waals surface area contributed by atoms with E-state index in [1.54, 1.807) is 10.7 Å². The van der Waals surface area contributed by atoms with Gasteiger partial charge in [-0.05, 0) is 47.7 Å². The second-order valence-electron chi connectivity index (χ2n) is 8.03. The number of anilines is 1. The van der Waals surface area contributed by atoms with Crippen molar-refractivity contribution in [2.45, 2.75) is 37.8 Å². The van der Waals surface area contributed by atoms with Crippen molar-refractivity contribution >= 4 is 33.6 Å². The van der Waals surface area contributed by atoms with Crippen LogP contribution in [-0.2, 0) is 0 Å². The number of carbonyl (C=O) groups is 1. The number of hydrogen-bond acceptors (Lipinski definition) is 5. The van der Waals surface area contributed by atoms with Crippen LogP contribution in [0.1, 0.15) is 37.3 Å². The van der Waals surface area contributed by atoms with Crippen molar-refractivity contribution in [1.82, 2.24) is 19.6 Å². The number of carboxylic acid groups (broad SMARTS) is 2. The van der Waals surface area contributed by atoms with E-state index in [1.165, 1.54) is 0 Å². The third-order valence-electron chi connectivity index (χ3n) is 5.79. The van der Waals surface area contributed by atoms with Crippen LogP contribution in [-0.4, -0.2) is 42.1 Å². The number of aromatic nitrogens is 4. The topological polar surface area (TPSA) is 127 Å². The number of nitrogens with two attached hydrogens (primary N) is 1. The Kier molecular flexibility index (Phi) is 7.06. The molecule has 0 bridgehead atoms. The zero-order valence-corrected chi connectivity index (χ0v) is 19.7. The average Bonchev–Trinajstić information content (AvgIpc) is 3.26. The summed E-state index contributed by atoms with van der Waals surface area (Å²) < 4.78 is 16.4. The summed E-state index contributed by atoms with van der Waals surface area (Å²) in [5.41, 5.74) is 11.6. The van der Waals surface area contributed by atoms with E-state index in [0.29, 0.717) is 28.8 Å². The van der Waals surface area contributed by atoms with E-state index in [4.69, 9.17) is 25.7 Å². The zero-order chi connectivity index (χ0) is 24.2. The molecule has 1 aliphatic rings. The molecule has 1 fully saturated rings. The third-order valence-corrected chi connectivity index (χ3v) is 6.60. The molecule has 4 N–H and O–H groups in total. The van der Waals surface area contributed by atoms with Gasteiger partial charge in [0.25, 0.3) is 0 Å². The van der Waals surface area contributed by atoms with Gasteiger partial charge in [0.15, 0.2) is 5.65 Å². The van der Waals surface area contributed by atoms with E-state index in [2.05, 4.69) is 26.0 Å². The minimum absolute atomic E-state index is 0.0526. The Morgan fingerprint density at radius 3 is 2.47 bits per heavy atom. The van der Waals surface area contributed by atoms with E-state index in [0.717, 1.165) is 40.9 Å². The minimum atomic E-state index is -1.83. The lowest BCUT2D eigenvalue weighted by atomic mass is 9.85. The predicted molar refractivity (Wildman–Crippen MR) is 131 cm³/mol. The summed E-state index contributed by atoms with van der Waals surface area (Å²) >= 11 is 3.57. The molecule has 3 aromatic heterocycles. The Bertz CT molecular complexity index is 1290. The van der Waals surface area contributed by atoms with E-state index >= 15 is 0 Å². The number of nitrogens with zero attached hydrogens (tertiary/aromatic N) is 4. The van der Waals surface area contributed by atoms with Crippen molar-refractivity contribution < 1.29 is 19.4 Å². The molecule has 8 nitrogen and oxygen atoms in total. The standard InChI is InChI=1S/C23H21BrFN5.CH2O3/c24-20-21(15-7-4-8-17(25)11-15)29-23-18(13-28-30(23)22(20)26)16-9-10-19(27-12-16)14-5-2-1-3-6-14;2-1(3)4/h1-3,5-6,9-10,12-13,15,17H,4,7-8,11,26H2;(H2,2,3,4)/t15?,17-;/m1./s1. The lowest BCUT2D eigenvalue weighted by Crippen LogP contribution is -2.17. The Morgan fingerprint density at radius 2 is 1.82 bits per heavy atom. The first-order valence-corrected chi connectivity index (χ1v) is 11.5. The van der Waals surface area contributed by atoms with Crippen LogP contribution < -0.4 is 5.73 Å². The molecule has 176 valence electrons. The van der Waals surface area contributed by atoms with E-state index in [1.807, 2.05) is 48.7 Å². The van der Waals surface area contributed by atoms with Crippen LogP contribution in [0.15, 0.2) is 59.3 Å². The zero-order valence-electron chi connectivity index (χ0n) is 18.1. The van der Waals surface area contributed by atoms with Crippen LogP contribution in [0.3, 0.4) is 0 Å². The minimum Gasteiger partial charge on any atom is -0.450 e. The van der Waals surface area contributed by atoms with Crippen LogP contribution in [0, 0.1) is 0 Å². The molecule has 34 heavy (non-hydrogen) atoms. The average molecular weight is 528 g/mol. The van der Waals surface area contributed by atoms with Crippen molar-refractivity contribution in [2.24, 2.45) is 0 Å². The number of nitrogen functional groups attached to an aromatic ring is 1. The van der Waals surface area contributed by atoms with E-state index in [9.17, 15) is 4.39 Å². The molecule has 0 saturated heterocycles. The second kappa shape index (κ2) is 10.2. The number of alkyl halides is 1. The van der Waals surface area contributed by atoms with E-state index < -0.39 is 12.3 Å². The molecular weight excluding hydrogens is 505 g/mol. The summed E-state index contributed by atoms with van der Waals surface area (Å²) in [5, 5.41) is 18.4. The van der Waals surface area contributed by atoms with Crippen molar-refractivity contribution in [3.05, 3.63) is 65.0 Å². The van der Waals surface area contributed by atoms with Gasteiger partial charge in [0.1, 0.15) is 12.0 Å². The molecule has 0 amide bonds. The van der Waals surface area contributed by atoms with Crippen molar-refractivity contribution in [2.75, 3.05) is 5.73 Å². The Morgan fingerprint density at radius 1 is 1.09 bits per heavy atom. The molecule has 0 aliphatic heterocycles. The predicted octanol–water partition coefficient (Wildman–Crippen LogP) is 6.02. The monoisotopic (exact) mass is 527 g/mol. The Labute approximate surface area is 203 Å². The maximum absolute atomic E-state index is 14.0. The van der Waals surface area contributed by atoms with Gasteiger partial charge in [-0.3, -0.25) is 4.98 Å². The van der Waals surface area contributed by atoms with Gasteiger partial charge in [-0.25, -0.2) is 14.2 Å². The number of hydrogen-bond donors (Lipinski definition) is 3. The molecule has 1 unspecified atom stereocenters. The van der Waals surface area contributed by atoms with Gasteiger partial charge in [0, 0.05) is 28.8 Å². The highest BCUT2D eigenvalue weighted by Gasteiger charge is 2.28. The number of rotatable bonds is 3. The lowest BCUT2D eigenvalue weighted by molar-refractivity contribution is 0.137. The van der Waals surface area contributed by atoms with Crippen LogP contribution >= 0.6 is 15.9 Å². The normalized spacial score (nSPS) is 17.7. The number of pyridine rings is 1. The molecule has 0 spiro atoms. The number of fused-ring (bicyclic) bond motifs is 1. The van der Waals surface area contributed by atoms with Gasteiger partial charge in [0.2, 0.25) is 0 Å². The first-order valence-electron chi connectivity index (χ1n) is 10.8. The van der Waals surface area contributed by atoms with Crippen LogP contribution in [0.5, 0.6) is 0 Å². The molecule has 4 aromatic rings. The van der Waals surface area contributed by atoms with Gasteiger partial charge in [-0.1, -0.05) is 36.4 Å². The molecule has 0 radical (unpaired) electrons. The molecule has 3 heterocycles. The van der Waals surface area contributed by atoms with Crippen molar-refractivity contribution in [3.8, 4) is 22.4 Å². The highest BCUT2D eigenvalue weighted by Crippen LogP contribution is 2.39. The highest BCUT2D eigenvalue weighted by atomic mass is 79.9. The van der Waals surface area contributed by atoms with E-state index in [-0.39, 0.29) is 5.92 Å². The largest absolute Gasteiger partial charge is 0.503 e. The fourth-order valence-electron chi connectivity index (χ4n) is 4.20. The summed E-state index contributed by atoms with van der Waals surface area (Å²) in [6.07, 6.45) is 3.86. The number of halogens is 2. The smallest absolute Gasteiger partial charge is 0.450 e. The SMILES string of the molecule is Nc1c(Br)c(C2CCC[C@@H](F)C2)nc2c(-c3ccc(-c4ccccc4)nc3)cnn12.O=C(O)O. The van der Waals surface area contributed by atoms with Gasteiger partial charge in [-0.2, -0.15) is 9.61 Å². The maximum Gasteiger partial charge on any atom is 0.503 e. The molecule has 2 atom stereocenters. The highest BCUT2D eigenvalue weighted by molar-refractivity contribution is 9.10. The summed E-state index contributed by atoms with van der Waals surface area (Å²) in [7, 11) is 0. The molecule has 10 heteroatoms. The van der Waals surface area contributed by atoms with Crippen molar-refractivity contribution in [1.29, 1.82) is 0 Å². The number of benzene rings is 1. The fourth-order valence-corrected chi connectivity index (χ4v) is 4.78. The molecule has 5 rings (SSSR count). The molecule has 1 saturated carbocycles. The third kappa shape index (κ3) is 5.01. The van der Waals surface area contributed by atoms with Crippen LogP contribution in [0.4, 0.5) is 15.0 Å². The Hall–Kier alpha value is -3.53. The van der Waals surface area contributed by atoms with Gasteiger partial charge < -0.3 is 15.9 Å². The maximum atomic E-state index is 14.0. The lowest BCUT2D eigenvalue weighted by Gasteiger charge is -2.25. The van der Waals surface area contributed by atoms with Crippen molar-refractivity contribution in [3.63, 3.8) is 0 Å². The summed E-state index contributed by atoms with van der Waals surface area (Å²) in [5.74, 6) is 0.535. The molecular formula is C24H23BrFN5O3.